The highest BCUT2D eigenvalue weighted by molar-refractivity contribution is 14.3. The molecule has 0 spiro atoms. The standard InChI is InChI=1S/C7H10I3NO4/c1-6(2,7(8,9)10)15-5(14)11-3-4(12)13/h3H2,1-2H3,(H,11,14)(H,12,13). The predicted octanol–water partition coefficient (Wildman–Crippen LogP) is 2.53. The molecule has 0 aromatic rings. The summed E-state index contributed by atoms with van der Waals surface area (Å²) in [5, 5.41) is 10.5. The maximum Gasteiger partial charge on any atom is 0.408 e. The first-order valence-corrected chi connectivity index (χ1v) is 7.05. The third-order valence-electron chi connectivity index (χ3n) is 1.41. The number of alkyl carbamates (subject to hydrolysis) is 1. The Kier molecular flexibility index (Phi) is 6.40. The summed E-state index contributed by atoms with van der Waals surface area (Å²) in [6.07, 6.45) is -0.725. The minimum Gasteiger partial charge on any atom is -0.480 e. The van der Waals surface area contributed by atoms with Gasteiger partial charge in [-0.2, -0.15) is 0 Å². The maximum atomic E-state index is 11.2. The van der Waals surface area contributed by atoms with Crippen molar-refractivity contribution in [2.75, 3.05) is 6.54 Å². The average Bonchev–Trinajstić information content (AvgIpc) is 1.97. The Morgan fingerprint density at radius 1 is 1.33 bits per heavy atom. The summed E-state index contributed by atoms with van der Waals surface area (Å²) >= 11 is 6.44. The summed E-state index contributed by atoms with van der Waals surface area (Å²) in [5.74, 6) is -1.10. The molecule has 0 bridgehead atoms. The van der Waals surface area contributed by atoms with Gasteiger partial charge in [0.05, 0.1) is 0 Å². The predicted molar refractivity (Wildman–Crippen MR) is 81.0 cm³/mol. The van der Waals surface area contributed by atoms with E-state index in [1.165, 1.54) is 0 Å². The third kappa shape index (κ3) is 6.28. The number of ether oxygens (including phenoxy) is 1. The fourth-order valence-corrected chi connectivity index (χ4v) is 0.804. The molecule has 8 heteroatoms. The highest BCUT2D eigenvalue weighted by Crippen LogP contribution is 2.47. The van der Waals surface area contributed by atoms with Crippen molar-refractivity contribution in [3.05, 3.63) is 0 Å². The highest BCUT2D eigenvalue weighted by Gasteiger charge is 2.42. The number of aliphatic carboxylic acids is 1. The molecule has 0 radical (unpaired) electrons. The molecular formula is C7H10I3NO4. The van der Waals surface area contributed by atoms with Gasteiger partial charge in [-0.25, -0.2) is 4.79 Å². The second-order valence-electron chi connectivity index (χ2n) is 3.14. The second kappa shape index (κ2) is 6.02. The molecule has 0 atom stereocenters. The molecule has 2 N–H and O–H groups in total. The average molecular weight is 553 g/mol. The summed E-state index contributed by atoms with van der Waals surface area (Å²) in [6, 6.07) is 0. The van der Waals surface area contributed by atoms with Crippen molar-refractivity contribution in [1.29, 1.82) is 0 Å². The number of carboxylic acid groups (broad SMARTS) is 1. The van der Waals surface area contributed by atoms with E-state index in [9.17, 15) is 9.59 Å². The van der Waals surface area contributed by atoms with Crippen LogP contribution in [0.4, 0.5) is 4.79 Å². The summed E-state index contributed by atoms with van der Waals surface area (Å²) < 4.78 is 4.81. The summed E-state index contributed by atoms with van der Waals surface area (Å²) in [7, 11) is 0. The lowest BCUT2D eigenvalue weighted by Gasteiger charge is -2.33. The lowest BCUT2D eigenvalue weighted by molar-refractivity contribution is -0.135. The number of hydrogen-bond acceptors (Lipinski definition) is 3. The molecule has 88 valence electrons. The van der Waals surface area contributed by atoms with Gasteiger partial charge in [-0.05, 0) is 13.8 Å². The topological polar surface area (TPSA) is 75.6 Å². The van der Waals surface area contributed by atoms with Gasteiger partial charge in [0.2, 0.25) is 0 Å². The number of halogens is 3. The first kappa shape index (κ1) is 15.9. The van der Waals surface area contributed by atoms with Gasteiger partial charge in [-0.1, -0.05) is 67.8 Å². The van der Waals surface area contributed by atoms with Crippen LogP contribution >= 0.6 is 67.8 Å². The summed E-state index contributed by atoms with van der Waals surface area (Å²) in [6.45, 7) is 3.09. The molecule has 0 heterocycles. The molecule has 5 nitrogen and oxygen atoms in total. The molecule has 0 aromatic heterocycles. The van der Waals surface area contributed by atoms with Crippen molar-refractivity contribution in [3.63, 3.8) is 0 Å². The monoisotopic (exact) mass is 553 g/mol. The number of carboxylic acids is 1. The summed E-state index contributed by atoms with van der Waals surface area (Å²) in [5.41, 5.74) is -0.697. The molecule has 0 aromatic carbocycles. The van der Waals surface area contributed by atoms with E-state index in [1.807, 2.05) is 0 Å². The fraction of sp³-hybridized carbons (Fsp3) is 0.714. The van der Waals surface area contributed by atoms with Crippen molar-refractivity contribution in [3.8, 4) is 0 Å². The molecule has 0 fully saturated rings. The fourth-order valence-electron chi connectivity index (χ4n) is 0.473. The van der Waals surface area contributed by atoms with Crippen LogP contribution in [-0.4, -0.2) is 28.8 Å². The number of alkyl halides is 3. The van der Waals surface area contributed by atoms with E-state index in [2.05, 4.69) is 73.1 Å². The molecule has 0 aliphatic heterocycles. The molecule has 0 aliphatic carbocycles. The zero-order valence-corrected chi connectivity index (χ0v) is 14.5. The van der Waals surface area contributed by atoms with E-state index < -0.39 is 24.2 Å². The zero-order chi connectivity index (χ0) is 12.3. The lowest BCUT2D eigenvalue weighted by Crippen LogP contribution is -2.43. The second-order valence-corrected chi connectivity index (χ2v) is 14.2. The van der Waals surface area contributed by atoms with Crippen molar-refractivity contribution in [2.45, 2.75) is 18.9 Å². The van der Waals surface area contributed by atoms with Gasteiger partial charge in [0, 0.05) is 0 Å². The van der Waals surface area contributed by atoms with Gasteiger partial charge in [-0.3, -0.25) is 4.79 Å². The number of hydrogen-bond donors (Lipinski definition) is 2. The van der Waals surface area contributed by atoms with E-state index >= 15 is 0 Å². The molecule has 15 heavy (non-hydrogen) atoms. The zero-order valence-electron chi connectivity index (χ0n) is 8.01. The van der Waals surface area contributed by atoms with Gasteiger partial charge < -0.3 is 15.2 Å². The third-order valence-corrected chi connectivity index (χ3v) is 5.31. The number of rotatable bonds is 4. The Hall–Kier alpha value is 0.930. The van der Waals surface area contributed by atoms with Crippen molar-refractivity contribution in [2.24, 2.45) is 0 Å². The van der Waals surface area contributed by atoms with E-state index in [-0.39, 0.29) is -0.565 Å². The van der Waals surface area contributed by atoms with Crippen LogP contribution in [0.5, 0.6) is 0 Å². The Bertz CT molecular complexity index is 261. The van der Waals surface area contributed by atoms with Crippen molar-refractivity contribution >= 4 is 79.8 Å². The van der Waals surface area contributed by atoms with Gasteiger partial charge >= 0.3 is 12.1 Å². The first-order valence-electron chi connectivity index (χ1n) is 3.81. The molecule has 0 aliphatic rings. The van der Waals surface area contributed by atoms with Gasteiger partial charge in [0.25, 0.3) is 0 Å². The normalized spacial score (nSPS) is 12.1. The Morgan fingerprint density at radius 3 is 2.13 bits per heavy atom. The van der Waals surface area contributed by atoms with Crippen LogP contribution in [0.15, 0.2) is 0 Å². The van der Waals surface area contributed by atoms with Crippen LogP contribution in [0.2, 0.25) is 0 Å². The van der Waals surface area contributed by atoms with Crippen LogP contribution in [0.25, 0.3) is 0 Å². The Morgan fingerprint density at radius 2 is 1.80 bits per heavy atom. The largest absolute Gasteiger partial charge is 0.480 e. The van der Waals surface area contributed by atoms with Crippen LogP contribution in [0.1, 0.15) is 13.8 Å². The SMILES string of the molecule is CC(C)(OC(=O)NCC(=O)O)C(I)(I)I. The minimum atomic E-state index is -1.10. The Labute approximate surface area is 128 Å². The summed E-state index contributed by atoms with van der Waals surface area (Å²) in [4.78, 5) is 21.4. The number of nitrogens with one attached hydrogen (secondary N) is 1. The molecule has 0 unspecified atom stereocenters. The van der Waals surface area contributed by atoms with Gasteiger partial charge in [0.15, 0.2) is -0.565 Å². The number of carbonyl (C=O) groups is 2. The molecule has 0 rings (SSSR count). The molecule has 1 amide bonds. The van der Waals surface area contributed by atoms with Crippen molar-refractivity contribution in [1.82, 2.24) is 5.32 Å². The highest BCUT2D eigenvalue weighted by atomic mass is 127. The van der Waals surface area contributed by atoms with E-state index in [1.54, 1.807) is 13.8 Å². The van der Waals surface area contributed by atoms with Gasteiger partial charge in [0.1, 0.15) is 12.1 Å². The molecule has 0 saturated heterocycles. The Balaban J connectivity index is 4.23. The van der Waals surface area contributed by atoms with Gasteiger partial charge in [-0.15, -0.1) is 0 Å². The van der Waals surface area contributed by atoms with Crippen LogP contribution in [0.3, 0.4) is 0 Å². The van der Waals surface area contributed by atoms with Crippen LogP contribution in [-0.2, 0) is 9.53 Å². The quantitative estimate of drug-likeness (QED) is 0.415. The maximum absolute atomic E-state index is 11.2. The van der Waals surface area contributed by atoms with E-state index in [0.29, 0.717) is 0 Å². The number of amides is 1. The van der Waals surface area contributed by atoms with E-state index in [0.717, 1.165) is 0 Å². The molecule has 0 saturated carbocycles. The number of carbonyl (C=O) groups excluding carboxylic acids is 1. The van der Waals surface area contributed by atoms with Crippen LogP contribution < -0.4 is 5.32 Å². The van der Waals surface area contributed by atoms with Crippen LogP contribution in [0, 0.1) is 0 Å². The first-order chi connectivity index (χ1) is 6.56. The molecular weight excluding hydrogens is 543 g/mol. The minimum absolute atomic E-state index is 0.305. The van der Waals surface area contributed by atoms with E-state index in [4.69, 9.17) is 9.84 Å². The lowest BCUT2D eigenvalue weighted by atomic mass is 10.2. The smallest absolute Gasteiger partial charge is 0.408 e. The van der Waals surface area contributed by atoms with Crippen molar-refractivity contribution < 1.29 is 19.4 Å².